The van der Waals surface area contributed by atoms with Crippen molar-refractivity contribution >= 4 is 0 Å². The van der Waals surface area contributed by atoms with Crippen molar-refractivity contribution in [2.45, 2.75) is 52.2 Å². The number of hydrogen-bond donors (Lipinski definition) is 2. The highest BCUT2D eigenvalue weighted by Crippen LogP contribution is 2.40. The number of ether oxygens (including phenoxy) is 1. The van der Waals surface area contributed by atoms with E-state index in [2.05, 4.69) is 20.8 Å². The Balaban J connectivity index is 2.71. The lowest BCUT2D eigenvalue weighted by atomic mass is 9.69. The van der Waals surface area contributed by atoms with Crippen molar-refractivity contribution in [2.24, 2.45) is 17.1 Å². The second kappa shape index (κ2) is 5.28. The van der Waals surface area contributed by atoms with Crippen LogP contribution in [0.5, 0.6) is 0 Å². The minimum Gasteiger partial charge on any atom is -0.396 e. The Kier molecular flexibility index (Phi) is 4.56. The van der Waals surface area contributed by atoms with Gasteiger partial charge in [0, 0.05) is 19.3 Å². The van der Waals surface area contributed by atoms with E-state index in [1.54, 1.807) is 0 Å². The normalized spacial score (nSPS) is 34.4. The van der Waals surface area contributed by atoms with Crippen LogP contribution in [0, 0.1) is 11.3 Å². The maximum Gasteiger partial charge on any atom is 0.0603 e. The van der Waals surface area contributed by atoms with Gasteiger partial charge in [-0.15, -0.1) is 0 Å². The summed E-state index contributed by atoms with van der Waals surface area (Å²) in [5.41, 5.74) is 6.17. The molecule has 1 saturated heterocycles. The summed E-state index contributed by atoms with van der Waals surface area (Å²) < 4.78 is 5.75. The highest BCUT2D eigenvalue weighted by molar-refractivity contribution is 4.92. The average Bonchev–Trinajstić information content (AvgIpc) is 2.18. The molecule has 0 aromatic rings. The van der Waals surface area contributed by atoms with E-state index >= 15 is 0 Å². The van der Waals surface area contributed by atoms with Crippen LogP contribution in [0.2, 0.25) is 0 Å². The Morgan fingerprint density at radius 2 is 2.13 bits per heavy atom. The highest BCUT2D eigenvalue weighted by atomic mass is 16.5. The van der Waals surface area contributed by atoms with E-state index in [9.17, 15) is 0 Å². The van der Waals surface area contributed by atoms with Crippen LogP contribution in [0.15, 0.2) is 0 Å². The molecular weight excluding hydrogens is 190 g/mol. The Bertz CT molecular complexity index is 190. The van der Waals surface area contributed by atoms with Gasteiger partial charge in [-0.25, -0.2) is 0 Å². The molecule has 15 heavy (non-hydrogen) atoms. The molecule has 3 N–H and O–H groups in total. The van der Waals surface area contributed by atoms with Gasteiger partial charge in [-0.3, -0.25) is 0 Å². The number of aliphatic hydroxyl groups is 1. The lowest BCUT2D eigenvalue weighted by molar-refractivity contribution is -0.0826. The third-order valence-electron chi connectivity index (χ3n) is 3.86. The standard InChI is InChI=1S/C12H25NO2/c1-9(2)11-8-12(4-6-14,10(3)13)5-7-15-11/h9-11,14H,4-8,13H2,1-3H3. The first-order chi connectivity index (χ1) is 7.02. The van der Waals surface area contributed by atoms with Gasteiger partial charge < -0.3 is 15.6 Å². The molecule has 0 saturated carbocycles. The van der Waals surface area contributed by atoms with Gasteiger partial charge in [-0.05, 0) is 37.5 Å². The lowest BCUT2D eigenvalue weighted by Gasteiger charge is -2.44. The number of aliphatic hydroxyl groups excluding tert-OH is 1. The first-order valence-electron chi connectivity index (χ1n) is 6.00. The van der Waals surface area contributed by atoms with E-state index in [0.717, 1.165) is 25.9 Å². The Morgan fingerprint density at radius 1 is 1.47 bits per heavy atom. The largest absolute Gasteiger partial charge is 0.396 e. The van der Waals surface area contributed by atoms with Gasteiger partial charge in [0.1, 0.15) is 0 Å². The van der Waals surface area contributed by atoms with E-state index in [-0.39, 0.29) is 18.1 Å². The van der Waals surface area contributed by atoms with Crippen LogP contribution in [0.4, 0.5) is 0 Å². The zero-order valence-electron chi connectivity index (χ0n) is 10.2. The summed E-state index contributed by atoms with van der Waals surface area (Å²) in [6.07, 6.45) is 3.07. The molecule has 3 unspecified atom stereocenters. The molecule has 1 fully saturated rings. The van der Waals surface area contributed by atoms with Crippen LogP contribution < -0.4 is 5.73 Å². The van der Waals surface area contributed by atoms with Crippen LogP contribution in [-0.2, 0) is 4.74 Å². The molecule has 1 heterocycles. The van der Waals surface area contributed by atoms with Crippen molar-refractivity contribution in [3.05, 3.63) is 0 Å². The Labute approximate surface area is 93.0 Å². The fourth-order valence-electron chi connectivity index (χ4n) is 2.49. The van der Waals surface area contributed by atoms with Crippen LogP contribution in [0.1, 0.15) is 40.0 Å². The predicted octanol–water partition coefficient (Wildman–Crippen LogP) is 1.54. The molecule has 0 aromatic heterocycles. The zero-order valence-corrected chi connectivity index (χ0v) is 10.2. The van der Waals surface area contributed by atoms with Gasteiger partial charge in [0.15, 0.2) is 0 Å². The SMILES string of the molecule is CC(C)C1CC(CCO)(C(C)N)CCO1. The van der Waals surface area contributed by atoms with Crippen LogP contribution >= 0.6 is 0 Å². The topological polar surface area (TPSA) is 55.5 Å². The van der Waals surface area contributed by atoms with Crippen molar-refractivity contribution < 1.29 is 9.84 Å². The van der Waals surface area contributed by atoms with E-state index < -0.39 is 0 Å². The first-order valence-corrected chi connectivity index (χ1v) is 6.00. The van der Waals surface area contributed by atoms with Crippen molar-refractivity contribution in [3.8, 4) is 0 Å². The molecule has 1 rings (SSSR count). The van der Waals surface area contributed by atoms with Gasteiger partial charge in [-0.1, -0.05) is 13.8 Å². The summed E-state index contributed by atoms with van der Waals surface area (Å²) in [5, 5.41) is 9.16. The molecule has 90 valence electrons. The second-order valence-corrected chi connectivity index (χ2v) is 5.23. The van der Waals surface area contributed by atoms with Crippen LogP contribution in [0.25, 0.3) is 0 Å². The first kappa shape index (κ1) is 12.9. The number of hydrogen-bond acceptors (Lipinski definition) is 3. The van der Waals surface area contributed by atoms with Crippen molar-refractivity contribution in [1.29, 1.82) is 0 Å². The van der Waals surface area contributed by atoms with E-state index in [1.165, 1.54) is 0 Å². The van der Waals surface area contributed by atoms with Crippen molar-refractivity contribution in [2.75, 3.05) is 13.2 Å². The molecule has 3 atom stereocenters. The van der Waals surface area contributed by atoms with Gasteiger partial charge >= 0.3 is 0 Å². The van der Waals surface area contributed by atoms with Crippen LogP contribution in [-0.4, -0.2) is 30.5 Å². The number of nitrogens with two attached hydrogens (primary N) is 1. The van der Waals surface area contributed by atoms with Crippen molar-refractivity contribution in [1.82, 2.24) is 0 Å². The third kappa shape index (κ3) is 2.92. The van der Waals surface area contributed by atoms with Gasteiger partial charge in [-0.2, -0.15) is 0 Å². The van der Waals surface area contributed by atoms with E-state index in [1.807, 2.05) is 0 Å². The molecule has 3 nitrogen and oxygen atoms in total. The average molecular weight is 215 g/mol. The second-order valence-electron chi connectivity index (χ2n) is 5.23. The maximum atomic E-state index is 9.16. The molecule has 0 bridgehead atoms. The highest BCUT2D eigenvalue weighted by Gasteiger charge is 2.40. The Morgan fingerprint density at radius 3 is 2.60 bits per heavy atom. The predicted molar refractivity (Wildman–Crippen MR) is 61.6 cm³/mol. The molecule has 0 spiro atoms. The number of rotatable bonds is 4. The molecule has 1 aliphatic heterocycles. The maximum absolute atomic E-state index is 9.16. The summed E-state index contributed by atoms with van der Waals surface area (Å²) in [7, 11) is 0. The molecule has 1 aliphatic rings. The zero-order chi connectivity index (χ0) is 11.5. The molecule has 3 heteroatoms. The molecule has 0 amide bonds. The molecular formula is C12H25NO2. The summed E-state index contributed by atoms with van der Waals surface area (Å²) in [6.45, 7) is 7.43. The smallest absolute Gasteiger partial charge is 0.0603 e. The van der Waals surface area contributed by atoms with E-state index in [0.29, 0.717) is 12.0 Å². The molecule has 0 radical (unpaired) electrons. The summed E-state index contributed by atoms with van der Waals surface area (Å²) >= 11 is 0. The molecule has 0 aliphatic carbocycles. The van der Waals surface area contributed by atoms with Gasteiger partial charge in [0.05, 0.1) is 6.10 Å². The van der Waals surface area contributed by atoms with Gasteiger partial charge in [0.25, 0.3) is 0 Å². The lowest BCUT2D eigenvalue weighted by Crippen LogP contribution is -2.48. The molecule has 0 aromatic carbocycles. The van der Waals surface area contributed by atoms with Crippen molar-refractivity contribution in [3.63, 3.8) is 0 Å². The summed E-state index contributed by atoms with van der Waals surface area (Å²) in [5.74, 6) is 0.530. The summed E-state index contributed by atoms with van der Waals surface area (Å²) in [4.78, 5) is 0. The fraction of sp³-hybridized carbons (Fsp3) is 1.00. The minimum absolute atomic E-state index is 0.0853. The monoisotopic (exact) mass is 215 g/mol. The van der Waals surface area contributed by atoms with Gasteiger partial charge in [0.2, 0.25) is 0 Å². The van der Waals surface area contributed by atoms with E-state index in [4.69, 9.17) is 15.6 Å². The fourth-order valence-corrected chi connectivity index (χ4v) is 2.49. The third-order valence-corrected chi connectivity index (χ3v) is 3.86. The Hall–Kier alpha value is -0.120. The quantitative estimate of drug-likeness (QED) is 0.748. The van der Waals surface area contributed by atoms with Crippen LogP contribution in [0.3, 0.4) is 0 Å². The minimum atomic E-state index is 0.0853. The summed E-state index contributed by atoms with van der Waals surface area (Å²) in [6, 6.07) is 0.134.